The van der Waals surface area contributed by atoms with Crippen LogP contribution in [0.2, 0.25) is 5.02 Å². The monoisotopic (exact) mass is 404 g/mol. The lowest BCUT2D eigenvalue weighted by Crippen LogP contribution is -2.44. The number of nitrogens with zero attached hydrogens (tertiary/aromatic N) is 1. The quantitative estimate of drug-likeness (QED) is 0.602. The van der Waals surface area contributed by atoms with Crippen molar-refractivity contribution < 1.29 is 4.79 Å². The zero-order chi connectivity index (χ0) is 20.1. The molecule has 0 bridgehead atoms. The van der Waals surface area contributed by atoms with Gasteiger partial charge in [0.1, 0.15) is 0 Å². The summed E-state index contributed by atoms with van der Waals surface area (Å²) in [6, 6.07) is 28.3. The second-order valence-electron chi connectivity index (χ2n) is 7.51. The molecule has 29 heavy (non-hydrogen) atoms. The minimum absolute atomic E-state index is 0.184. The Morgan fingerprint density at radius 2 is 1.45 bits per heavy atom. The molecule has 3 nitrogen and oxygen atoms in total. The van der Waals surface area contributed by atoms with Crippen molar-refractivity contribution in [2.75, 3.05) is 18.4 Å². The summed E-state index contributed by atoms with van der Waals surface area (Å²) < 4.78 is 0. The van der Waals surface area contributed by atoms with Crippen LogP contribution in [0.1, 0.15) is 29.9 Å². The van der Waals surface area contributed by atoms with Crippen LogP contribution in [0.15, 0.2) is 84.9 Å². The third-order valence-electron chi connectivity index (χ3n) is 5.51. The Balaban J connectivity index is 1.45. The van der Waals surface area contributed by atoms with Gasteiger partial charge in [0.05, 0.1) is 5.92 Å². The lowest BCUT2D eigenvalue weighted by Gasteiger charge is -2.35. The summed E-state index contributed by atoms with van der Waals surface area (Å²) >= 11 is 6.09. The minimum Gasteiger partial charge on any atom is -0.382 e. The van der Waals surface area contributed by atoms with E-state index in [0.717, 1.165) is 47.8 Å². The lowest BCUT2D eigenvalue weighted by atomic mass is 9.89. The highest BCUT2D eigenvalue weighted by Crippen LogP contribution is 2.28. The standard InChI is InChI=1S/C25H25ClN2O/c26-21-12-7-13-23(18-21)27-22-14-16-28(17-15-22)25(29)24(19-8-3-1-4-9-19)20-10-5-2-6-11-20/h1-13,18,22,24,27H,14-17H2. The molecule has 4 heteroatoms. The molecule has 1 saturated heterocycles. The number of rotatable bonds is 5. The maximum Gasteiger partial charge on any atom is 0.234 e. The molecule has 0 aliphatic carbocycles. The molecular weight excluding hydrogens is 380 g/mol. The maximum absolute atomic E-state index is 13.5. The van der Waals surface area contributed by atoms with E-state index in [2.05, 4.69) is 5.32 Å². The Labute approximate surface area is 177 Å². The van der Waals surface area contributed by atoms with Gasteiger partial charge in [-0.3, -0.25) is 4.79 Å². The Kier molecular flexibility index (Phi) is 6.16. The van der Waals surface area contributed by atoms with Gasteiger partial charge in [0.25, 0.3) is 0 Å². The van der Waals surface area contributed by atoms with Crippen molar-refractivity contribution in [1.82, 2.24) is 4.90 Å². The zero-order valence-electron chi connectivity index (χ0n) is 16.3. The molecule has 0 atom stereocenters. The van der Waals surface area contributed by atoms with E-state index in [1.165, 1.54) is 0 Å². The highest BCUT2D eigenvalue weighted by Gasteiger charge is 2.30. The zero-order valence-corrected chi connectivity index (χ0v) is 17.1. The molecule has 0 aromatic heterocycles. The van der Waals surface area contributed by atoms with E-state index in [-0.39, 0.29) is 11.8 Å². The van der Waals surface area contributed by atoms with E-state index < -0.39 is 0 Å². The third kappa shape index (κ3) is 4.80. The smallest absolute Gasteiger partial charge is 0.234 e. The fraction of sp³-hybridized carbons (Fsp3) is 0.240. The maximum atomic E-state index is 13.5. The average molecular weight is 405 g/mol. The number of anilines is 1. The first-order valence-corrected chi connectivity index (χ1v) is 10.5. The van der Waals surface area contributed by atoms with Crippen LogP contribution in [0.25, 0.3) is 0 Å². The van der Waals surface area contributed by atoms with Gasteiger partial charge in [-0.25, -0.2) is 0 Å². The molecule has 1 heterocycles. The van der Waals surface area contributed by atoms with Gasteiger partial charge in [-0.1, -0.05) is 78.3 Å². The van der Waals surface area contributed by atoms with Crippen molar-refractivity contribution in [2.45, 2.75) is 24.8 Å². The molecule has 1 aliphatic rings. The predicted octanol–water partition coefficient (Wildman–Crippen LogP) is 5.58. The van der Waals surface area contributed by atoms with Gasteiger partial charge in [0, 0.05) is 29.8 Å². The molecule has 1 amide bonds. The molecule has 0 unspecified atom stereocenters. The van der Waals surface area contributed by atoms with Crippen molar-refractivity contribution in [2.24, 2.45) is 0 Å². The van der Waals surface area contributed by atoms with Crippen LogP contribution in [-0.2, 0) is 4.79 Å². The molecule has 4 rings (SSSR count). The number of likely N-dealkylation sites (tertiary alicyclic amines) is 1. The largest absolute Gasteiger partial charge is 0.382 e. The van der Waals surface area contributed by atoms with Gasteiger partial charge in [-0.2, -0.15) is 0 Å². The molecule has 0 spiro atoms. The number of hydrogen-bond donors (Lipinski definition) is 1. The molecule has 1 fully saturated rings. The summed E-state index contributed by atoms with van der Waals surface area (Å²) in [7, 11) is 0. The normalized spacial score (nSPS) is 14.8. The van der Waals surface area contributed by atoms with E-state index in [0.29, 0.717) is 6.04 Å². The fourth-order valence-electron chi connectivity index (χ4n) is 4.01. The van der Waals surface area contributed by atoms with Crippen LogP contribution in [-0.4, -0.2) is 29.9 Å². The van der Waals surface area contributed by atoms with Crippen LogP contribution in [0.4, 0.5) is 5.69 Å². The molecule has 3 aromatic rings. The van der Waals surface area contributed by atoms with Gasteiger partial charge >= 0.3 is 0 Å². The SMILES string of the molecule is O=C(C(c1ccccc1)c1ccccc1)N1CCC(Nc2cccc(Cl)c2)CC1. The Bertz CT molecular complexity index is 898. The van der Waals surface area contributed by atoms with Crippen LogP contribution in [0.5, 0.6) is 0 Å². The van der Waals surface area contributed by atoms with E-state index in [1.54, 1.807) is 0 Å². The van der Waals surface area contributed by atoms with Crippen molar-refractivity contribution in [3.05, 3.63) is 101 Å². The lowest BCUT2D eigenvalue weighted by molar-refractivity contribution is -0.132. The van der Waals surface area contributed by atoms with Crippen LogP contribution < -0.4 is 5.32 Å². The molecule has 3 aromatic carbocycles. The van der Waals surface area contributed by atoms with Gasteiger partial charge in [-0.15, -0.1) is 0 Å². The van der Waals surface area contributed by atoms with Crippen LogP contribution in [0.3, 0.4) is 0 Å². The number of amides is 1. The molecular formula is C25H25ClN2O. The first-order valence-electron chi connectivity index (χ1n) is 10.1. The number of hydrogen-bond acceptors (Lipinski definition) is 2. The Morgan fingerprint density at radius 3 is 2.00 bits per heavy atom. The predicted molar refractivity (Wildman–Crippen MR) is 119 cm³/mol. The summed E-state index contributed by atoms with van der Waals surface area (Å²) in [5.41, 5.74) is 3.12. The van der Waals surface area contributed by atoms with Crippen molar-refractivity contribution in [3.63, 3.8) is 0 Å². The molecule has 1 N–H and O–H groups in total. The summed E-state index contributed by atoms with van der Waals surface area (Å²) in [4.78, 5) is 15.5. The van der Waals surface area contributed by atoms with Crippen molar-refractivity contribution in [1.29, 1.82) is 0 Å². The summed E-state index contributed by atoms with van der Waals surface area (Å²) in [5, 5.41) is 4.28. The van der Waals surface area contributed by atoms with Crippen molar-refractivity contribution in [3.8, 4) is 0 Å². The molecule has 148 valence electrons. The average Bonchev–Trinajstić information content (AvgIpc) is 2.76. The first-order chi connectivity index (χ1) is 14.2. The summed E-state index contributed by atoms with van der Waals surface area (Å²) in [6.45, 7) is 1.51. The van der Waals surface area contributed by atoms with Gasteiger partial charge < -0.3 is 10.2 Å². The minimum atomic E-state index is -0.255. The Hall–Kier alpha value is -2.78. The van der Waals surface area contributed by atoms with Gasteiger partial charge in [0.2, 0.25) is 5.91 Å². The van der Waals surface area contributed by atoms with E-state index in [1.807, 2.05) is 89.8 Å². The second kappa shape index (κ2) is 9.15. The highest BCUT2D eigenvalue weighted by molar-refractivity contribution is 6.30. The first kappa shape index (κ1) is 19.5. The third-order valence-corrected chi connectivity index (χ3v) is 5.75. The number of halogens is 1. The summed E-state index contributed by atoms with van der Waals surface area (Å²) in [6.07, 6.45) is 1.85. The Morgan fingerprint density at radius 1 is 0.862 bits per heavy atom. The number of nitrogens with one attached hydrogen (secondary N) is 1. The molecule has 1 aliphatic heterocycles. The topological polar surface area (TPSA) is 32.3 Å². The van der Waals surface area contributed by atoms with E-state index in [4.69, 9.17) is 11.6 Å². The van der Waals surface area contributed by atoms with Crippen molar-refractivity contribution >= 4 is 23.2 Å². The van der Waals surface area contributed by atoms with Crippen LogP contribution in [0, 0.1) is 0 Å². The van der Waals surface area contributed by atoms with Crippen LogP contribution >= 0.6 is 11.6 Å². The van der Waals surface area contributed by atoms with E-state index >= 15 is 0 Å². The highest BCUT2D eigenvalue weighted by atomic mass is 35.5. The molecule has 0 radical (unpaired) electrons. The number of piperidine rings is 1. The molecule has 0 saturated carbocycles. The number of benzene rings is 3. The van der Waals surface area contributed by atoms with Gasteiger partial charge in [-0.05, 0) is 42.2 Å². The number of carbonyl (C=O) groups excluding carboxylic acids is 1. The number of carbonyl (C=O) groups is 1. The summed E-state index contributed by atoms with van der Waals surface area (Å²) in [5.74, 6) is -0.0709. The second-order valence-corrected chi connectivity index (χ2v) is 7.95. The fourth-order valence-corrected chi connectivity index (χ4v) is 4.20. The van der Waals surface area contributed by atoms with Gasteiger partial charge in [0.15, 0.2) is 0 Å². The van der Waals surface area contributed by atoms with E-state index in [9.17, 15) is 4.79 Å².